The Kier molecular flexibility index (Phi) is 15.0. The number of esters is 3. The summed E-state index contributed by atoms with van der Waals surface area (Å²) in [5.41, 5.74) is 2.33. The Bertz CT molecular complexity index is 1120. The van der Waals surface area contributed by atoms with Crippen LogP contribution in [0.2, 0.25) is 0 Å². The number of hydrogen-bond donors (Lipinski definition) is 3. The normalized spacial score (nSPS) is 42.1. The molecule has 2 heterocycles. The van der Waals surface area contributed by atoms with E-state index in [-0.39, 0.29) is 30.8 Å². The van der Waals surface area contributed by atoms with Crippen LogP contribution in [0.3, 0.4) is 0 Å². The molecule has 2 fully saturated rings. The van der Waals surface area contributed by atoms with E-state index in [9.17, 15) is 29.4 Å². The number of likely N-dealkylation sites (N-methyl/N-ethyl adjacent to an activating group) is 1. The Morgan fingerprint density at radius 2 is 1.65 bits per heavy atom. The van der Waals surface area contributed by atoms with Gasteiger partial charge in [-0.3, -0.25) is 19.2 Å². The minimum Gasteiger partial charge on any atom is -0.460 e. The number of carbonyl (C=O) groups is 4. The van der Waals surface area contributed by atoms with Crippen LogP contribution in [0.15, 0.2) is 0 Å². The molecule has 2 aliphatic rings. The van der Waals surface area contributed by atoms with Crippen molar-refractivity contribution in [1.82, 2.24) is 4.90 Å². The third-order valence-electron chi connectivity index (χ3n) is 10.2. The molecule has 0 bridgehead atoms. The lowest BCUT2D eigenvalue weighted by molar-refractivity contribution is -0.304. The van der Waals surface area contributed by atoms with Crippen LogP contribution in [0.1, 0.15) is 81.6 Å². The van der Waals surface area contributed by atoms with E-state index >= 15 is 0 Å². The number of ether oxygens (including phenoxy) is 6. The first kappa shape index (κ1) is 42.0. The second-order valence-corrected chi connectivity index (χ2v) is 14.3. The van der Waals surface area contributed by atoms with E-state index in [1.807, 2.05) is 25.9 Å². The number of hydrogen-bond acceptors (Lipinski definition) is 14. The van der Waals surface area contributed by atoms with Gasteiger partial charge in [0.1, 0.15) is 23.6 Å². The van der Waals surface area contributed by atoms with Crippen molar-refractivity contribution in [3.8, 4) is 0 Å². The van der Waals surface area contributed by atoms with Crippen LogP contribution in [-0.2, 0) is 47.6 Å². The predicted octanol–water partition coefficient (Wildman–Crippen LogP) is 1.59. The topological polar surface area (TPSA) is 193 Å². The van der Waals surface area contributed by atoms with Gasteiger partial charge in [-0.25, -0.2) is 0 Å². The Hall–Kier alpha value is -2.20. The average molecular weight is 689 g/mol. The lowest BCUT2D eigenvalue weighted by Crippen LogP contribution is -2.61. The van der Waals surface area contributed by atoms with Crippen molar-refractivity contribution in [2.75, 3.05) is 27.7 Å². The summed E-state index contributed by atoms with van der Waals surface area (Å²) in [6.07, 6.45) is -6.61. The standard InChI is InChI=1S/C34H60N2O12/c1-13-24-34(9,42)29(40)19(4)26(39)17(2)15-33(8,43-12)30(20(5)27(47-25(38)16-35)21(6)31(41)46-24)48-32-28(45-22(7)37)23(36(10)11)14-18(3)44-32/h17-21,23-24,27-30,32,40,42H,13-16,35H2,1-12H3/t17-,18-,19+,20+,21-,23+,24-,27+,28-,29-,30-,32+,33-,34-/m1/s1. The fourth-order valence-electron chi connectivity index (χ4n) is 7.29. The summed E-state index contributed by atoms with van der Waals surface area (Å²) in [5, 5.41) is 22.7. The number of ketones is 1. The first-order chi connectivity index (χ1) is 22.2. The van der Waals surface area contributed by atoms with Crippen LogP contribution < -0.4 is 5.73 Å². The van der Waals surface area contributed by atoms with Crippen LogP contribution in [0.4, 0.5) is 0 Å². The minimum absolute atomic E-state index is 0.0573. The summed E-state index contributed by atoms with van der Waals surface area (Å²) in [6.45, 7) is 13.9. The van der Waals surface area contributed by atoms with Crippen molar-refractivity contribution < 1.29 is 57.8 Å². The SMILES string of the molecule is CC[C@H]1OC(=O)[C@H](C)[C@@H](OC(=O)CN)[C@H](C)[C@@H](O[C@@H]2O[C@H](C)C[C@H](N(C)C)[C@H]2OC(C)=O)[C@](C)(OC)C[C@@H](C)C(=O)[C@H](C)[C@@H](O)[C@]1(C)O. The molecule has 14 atom stereocenters. The molecular weight excluding hydrogens is 628 g/mol. The molecule has 4 N–H and O–H groups in total. The molecule has 0 amide bonds. The zero-order chi connectivity index (χ0) is 36.9. The molecule has 2 rings (SSSR count). The number of cyclic esters (lactones) is 1. The van der Waals surface area contributed by atoms with Crippen molar-refractivity contribution in [3.05, 3.63) is 0 Å². The number of aliphatic hydroxyl groups excluding tert-OH is 1. The molecule has 0 aliphatic carbocycles. The van der Waals surface area contributed by atoms with Crippen molar-refractivity contribution in [2.45, 2.75) is 142 Å². The maximum absolute atomic E-state index is 13.8. The molecule has 14 nitrogen and oxygen atoms in total. The third-order valence-corrected chi connectivity index (χ3v) is 10.2. The molecule has 2 aliphatic heterocycles. The van der Waals surface area contributed by atoms with E-state index in [0.717, 1.165) is 0 Å². The number of nitrogens with two attached hydrogens (primary N) is 1. The van der Waals surface area contributed by atoms with Gasteiger partial charge >= 0.3 is 17.9 Å². The van der Waals surface area contributed by atoms with Gasteiger partial charge in [0.05, 0.1) is 42.4 Å². The zero-order valence-electron chi connectivity index (χ0n) is 30.8. The molecule has 14 heteroatoms. The van der Waals surface area contributed by atoms with Crippen molar-refractivity contribution in [3.63, 3.8) is 0 Å². The number of methoxy groups -OCH3 is 1. The second kappa shape index (κ2) is 17.1. The average Bonchev–Trinajstić information content (AvgIpc) is 3.02. The Morgan fingerprint density at radius 3 is 2.15 bits per heavy atom. The maximum atomic E-state index is 13.8. The van der Waals surface area contributed by atoms with Crippen LogP contribution in [0, 0.1) is 23.7 Å². The van der Waals surface area contributed by atoms with Gasteiger partial charge in [0.25, 0.3) is 0 Å². The Balaban J connectivity index is 2.82. The van der Waals surface area contributed by atoms with Crippen molar-refractivity contribution in [1.29, 1.82) is 0 Å². The number of aliphatic hydroxyl groups is 2. The highest BCUT2D eigenvalue weighted by atomic mass is 16.7. The van der Waals surface area contributed by atoms with Crippen molar-refractivity contribution in [2.24, 2.45) is 29.4 Å². The Labute approximate surface area is 285 Å². The van der Waals surface area contributed by atoms with Crippen LogP contribution in [-0.4, -0.2) is 127 Å². The number of rotatable bonds is 8. The zero-order valence-corrected chi connectivity index (χ0v) is 30.8. The second-order valence-electron chi connectivity index (χ2n) is 14.3. The molecule has 0 radical (unpaired) electrons. The molecular formula is C34H60N2O12. The number of nitrogens with zero attached hydrogens (tertiary/aromatic N) is 1. The molecule has 0 aromatic carbocycles. The van der Waals surface area contributed by atoms with E-state index in [1.165, 1.54) is 34.8 Å². The third kappa shape index (κ3) is 9.52. The quantitative estimate of drug-likeness (QED) is 0.246. The van der Waals surface area contributed by atoms with Gasteiger partial charge in [0.2, 0.25) is 0 Å². The maximum Gasteiger partial charge on any atom is 0.320 e. The highest BCUT2D eigenvalue weighted by molar-refractivity contribution is 5.83. The van der Waals surface area contributed by atoms with E-state index in [2.05, 4.69) is 0 Å². The highest BCUT2D eigenvalue weighted by Crippen LogP contribution is 2.40. The van der Waals surface area contributed by atoms with E-state index in [0.29, 0.717) is 6.42 Å². The van der Waals surface area contributed by atoms with Crippen LogP contribution in [0.25, 0.3) is 0 Å². The van der Waals surface area contributed by atoms with Crippen LogP contribution >= 0.6 is 0 Å². The summed E-state index contributed by atoms with van der Waals surface area (Å²) >= 11 is 0. The fourth-order valence-corrected chi connectivity index (χ4v) is 7.29. The Morgan fingerprint density at radius 1 is 1.04 bits per heavy atom. The smallest absolute Gasteiger partial charge is 0.320 e. The highest BCUT2D eigenvalue weighted by Gasteiger charge is 2.53. The summed E-state index contributed by atoms with van der Waals surface area (Å²) in [6, 6.07) is -0.286. The van der Waals surface area contributed by atoms with E-state index in [1.54, 1.807) is 27.7 Å². The molecule has 0 saturated carbocycles. The minimum atomic E-state index is -1.99. The summed E-state index contributed by atoms with van der Waals surface area (Å²) in [5.74, 6) is -6.22. The lowest BCUT2D eigenvalue weighted by Gasteiger charge is -2.49. The summed E-state index contributed by atoms with van der Waals surface area (Å²) in [4.78, 5) is 54.6. The molecule has 0 aromatic rings. The van der Waals surface area contributed by atoms with Gasteiger partial charge in [-0.1, -0.05) is 27.7 Å². The molecule has 2 saturated heterocycles. The lowest BCUT2D eigenvalue weighted by atomic mass is 9.74. The van der Waals surface area contributed by atoms with Gasteiger partial charge in [0.15, 0.2) is 12.4 Å². The monoisotopic (exact) mass is 688 g/mol. The van der Waals surface area contributed by atoms with E-state index < -0.39 is 96.1 Å². The van der Waals surface area contributed by atoms with Gasteiger partial charge < -0.3 is 49.3 Å². The predicted molar refractivity (Wildman–Crippen MR) is 174 cm³/mol. The molecule has 278 valence electrons. The van der Waals surface area contributed by atoms with Gasteiger partial charge in [0, 0.05) is 31.8 Å². The van der Waals surface area contributed by atoms with Crippen molar-refractivity contribution >= 4 is 23.7 Å². The number of carbonyl (C=O) groups excluding carboxylic acids is 4. The van der Waals surface area contributed by atoms with Gasteiger partial charge in [-0.05, 0) is 61.1 Å². The van der Waals surface area contributed by atoms with Gasteiger partial charge in [-0.2, -0.15) is 0 Å². The van der Waals surface area contributed by atoms with Crippen LogP contribution in [0.5, 0.6) is 0 Å². The first-order valence-electron chi connectivity index (χ1n) is 16.9. The number of Topliss-reactive ketones (excluding diaryl/α,β-unsaturated/α-hetero) is 1. The largest absolute Gasteiger partial charge is 0.460 e. The molecule has 0 spiro atoms. The summed E-state index contributed by atoms with van der Waals surface area (Å²) in [7, 11) is 5.17. The molecule has 0 aromatic heterocycles. The fraction of sp³-hybridized carbons (Fsp3) is 0.882. The van der Waals surface area contributed by atoms with E-state index in [4.69, 9.17) is 34.2 Å². The first-order valence-corrected chi connectivity index (χ1v) is 16.9. The molecule has 48 heavy (non-hydrogen) atoms. The summed E-state index contributed by atoms with van der Waals surface area (Å²) < 4.78 is 36.6. The van der Waals surface area contributed by atoms with Gasteiger partial charge in [-0.15, -0.1) is 0 Å². The molecule has 0 unspecified atom stereocenters.